The number of nitrogens with one attached hydrogen (secondary N) is 2. The highest BCUT2D eigenvalue weighted by molar-refractivity contribution is 5.98. The molecule has 3 unspecified atom stereocenters. The van der Waals surface area contributed by atoms with E-state index in [0.717, 1.165) is 18.7 Å². The average Bonchev–Trinajstić information content (AvgIpc) is 3.12. The molecule has 0 aromatic carbocycles. The molecule has 0 radical (unpaired) electrons. The maximum Gasteiger partial charge on any atom is 0.252 e. The van der Waals surface area contributed by atoms with Gasteiger partial charge in [0.2, 0.25) is 5.91 Å². The van der Waals surface area contributed by atoms with Crippen LogP contribution in [0.1, 0.15) is 42.5 Å². The van der Waals surface area contributed by atoms with Crippen LogP contribution in [-0.4, -0.2) is 42.5 Å². The summed E-state index contributed by atoms with van der Waals surface area (Å²) in [6.07, 6.45) is 8.45. The normalized spacial score (nSPS) is 29.1. The summed E-state index contributed by atoms with van der Waals surface area (Å²) >= 11 is 0. The van der Waals surface area contributed by atoms with E-state index >= 15 is 0 Å². The van der Waals surface area contributed by atoms with Crippen molar-refractivity contribution in [3.05, 3.63) is 24.0 Å². The standard InChI is InChI=1S/C18H24N4O2/c23-17-5-2-6-22(17)14-7-13(8-19-10-14)18(24)21-11-15-12-3-1-4-16(15)20-9-12/h7-8,10,12,15-16,20H,1-6,9,11H2,(H,21,24). The summed E-state index contributed by atoms with van der Waals surface area (Å²) in [5.41, 5.74) is 1.26. The zero-order valence-electron chi connectivity index (χ0n) is 13.8. The Labute approximate surface area is 142 Å². The lowest BCUT2D eigenvalue weighted by Crippen LogP contribution is -2.39. The van der Waals surface area contributed by atoms with Gasteiger partial charge >= 0.3 is 0 Å². The fourth-order valence-electron chi connectivity index (χ4n) is 4.41. The van der Waals surface area contributed by atoms with Gasteiger partial charge in [-0.2, -0.15) is 0 Å². The number of amides is 2. The molecule has 1 aliphatic carbocycles. The molecule has 2 aliphatic heterocycles. The first kappa shape index (κ1) is 15.6. The molecule has 1 aromatic rings. The minimum absolute atomic E-state index is 0.0963. The van der Waals surface area contributed by atoms with Crippen LogP contribution in [0.4, 0.5) is 5.69 Å². The Morgan fingerprint density at radius 3 is 3.04 bits per heavy atom. The van der Waals surface area contributed by atoms with Crippen LogP contribution in [0.5, 0.6) is 0 Å². The first-order valence-corrected chi connectivity index (χ1v) is 8.99. The minimum Gasteiger partial charge on any atom is -0.352 e. The van der Waals surface area contributed by atoms with Crippen molar-refractivity contribution >= 4 is 17.5 Å². The van der Waals surface area contributed by atoms with Gasteiger partial charge in [0, 0.05) is 31.7 Å². The van der Waals surface area contributed by atoms with E-state index in [1.54, 1.807) is 23.4 Å². The lowest BCUT2D eigenvalue weighted by molar-refractivity contribution is -0.117. The van der Waals surface area contributed by atoms with Crippen molar-refractivity contribution in [2.75, 3.05) is 24.5 Å². The Morgan fingerprint density at radius 2 is 2.25 bits per heavy atom. The molecule has 2 N–H and O–H groups in total. The SMILES string of the molecule is O=C(NCC1C2CCCC1NC2)c1cncc(N2CCCC2=O)c1. The van der Waals surface area contributed by atoms with Gasteiger partial charge in [-0.25, -0.2) is 0 Å². The highest BCUT2D eigenvalue weighted by Gasteiger charge is 2.38. The number of hydrogen-bond donors (Lipinski definition) is 2. The molecule has 4 rings (SSSR count). The summed E-state index contributed by atoms with van der Waals surface area (Å²) in [6, 6.07) is 2.33. The number of carbonyl (C=O) groups excluding carboxylic acids is 2. The van der Waals surface area contributed by atoms with E-state index in [2.05, 4.69) is 15.6 Å². The van der Waals surface area contributed by atoms with E-state index < -0.39 is 0 Å². The molecule has 1 aromatic heterocycles. The number of hydrogen-bond acceptors (Lipinski definition) is 4. The second-order valence-corrected chi connectivity index (χ2v) is 7.16. The van der Waals surface area contributed by atoms with Crippen LogP contribution in [0.2, 0.25) is 0 Å². The first-order chi connectivity index (χ1) is 11.7. The molecule has 3 heterocycles. The molecule has 24 heavy (non-hydrogen) atoms. The van der Waals surface area contributed by atoms with E-state index in [1.165, 1.54) is 19.3 Å². The second-order valence-electron chi connectivity index (χ2n) is 7.16. The van der Waals surface area contributed by atoms with E-state index in [-0.39, 0.29) is 11.8 Å². The molecular weight excluding hydrogens is 304 g/mol. The third kappa shape index (κ3) is 2.90. The van der Waals surface area contributed by atoms with Crippen molar-refractivity contribution < 1.29 is 9.59 Å². The van der Waals surface area contributed by atoms with E-state index in [4.69, 9.17) is 0 Å². The number of aromatic nitrogens is 1. The molecule has 3 aliphatic rings. The molecule has 2 amide bonds. The maximum absolute atomic E-state index is 12.5. The van der Waals surface area contributed by atoms with Crippen molar-refractivity contribution in [3.63, 3.8) is 0 Å². The zero-order valence-corrected chi connectivity index (χ0v) is 13.8. The van der Waals surface area contributed by atoms with Gasteiger partial charge in [-0.1, -0.05) is 6.42 Å². The summed E-state index contributed by atoms with van der Waals surface area (Å²) in [5, 5.41) is 6.65. The molecule has 3 fully saturated rings. The molecule has 3 atom stereocenters. The zero-order chi connectivity index (χ0) is 16.5. The fraction of sp³-hybridized carbons (Fsp3) is 0.611. The van der Waals surface area contributed by atoms with Gasteiger partial charge in [-0.15, -0.1) is 0 Å². The van der Waals surface area contributed by atoms with Crippen molar-refractivity contribution in [3.8, 4) is 0 Å². The van der Waals surface area contributed by atoms with Crippen LogP contribution in [0.15, 0.2) is 18.5 Å². The highest BCUT2D eigenvalue weighted by atomic mass is 16.2. The molecule has 2 saturated heterocycles. The van der Waals surface area contributed by atoms with E-state index in [1.807, 2.05) is 0 Å². The van der Waals surface area contributed by atoms with Gasteiger partial charge in [0.15, 0.2) is 0 Å². The second kappa shape index (κ2) is 6.51. The quantitative estimate of drug-likeness (QED) is 0.874. The Bertz CT molecular complexity index is 632. The Morgan fingerprint density at radius 1 is 1.33 bits per heavy atom. The summed E-state index contributed by atoms with van der Waals surface area (Å²) in [6.45, 7) is 2.51. The lowest BCUT2D eigenvalue weighted by atomic mass is 9.80. The van der Waals surface area contributed by atoms with Gasteiger partial charge in [0.1, 0.15) is 0 Å². The van der Waals surface area contributed by atoms with Crippen molar-refractivity contribution in [1.29, 1.82) is 0 Å². The van der Waals surface area contributed by atoms with Crippen molar-refractivity contribution in [1.82, 2.24) is 15.6 Å². The summed E-state index contributed by atoms with van der Waals surface area (Å²) in [5.74, 6) is 1.25. The Hall–Kier alpha value is -1.95. The largest absolute Gasteiger partial charge is 0.352 e. The molecular formula is C18H24N4O2. The predicted molar refractivity (Wildman–Crippen MR) is 90.8 cm³/mol. The maximum atomic E-state index is 12.5. The van der Waals surface area contributed by atoms with Crippen molar-refractivity contribution in [2.24, 2.45) is 11.8 Å². The van der Waals surface area contributed by atoms with Crippen LogP contribution in [0.25, 0.3) is 0 Å². The summed E-state index contributed by atoms with van der Waals surface area (Å²) in [4.78, 5) is 30.2. The number of carbonyl (C=O) groups is 2. The topological polar surface area (TPSA) is 74.3 Å². The monoisotopic (exact) mass is 328 g/mol. The van der Waals surface area contributed by atoms with Crippen LogP contribution in [0.3, 0.4) is 0 Å². The summed E-state index contributed by atoms with van der Waals surface area (Å²) < 4.78 is 0. The number of nitrogens with zero attached hydrogens (tertiary/aromatic N) is 2. The van der Waals surface area contributed by atoms with Gasteiger partial charge < -0.3 is 15.5 Å². The molecule has 2 bridgehead atoms. The number of rotatable bonds is 4. The molecule has 6 heteroatoms. The van der Waals surface area contributed by atoms with Gasteiger partial charge in [-0.3, -0.25) is 14.6 Å². The minimum atomic E-state index is -0.0963. The van der Waals surface area contributed by atoms with Gasteiger partial charge in [-0.05, 0) is 43.7 Å². The van der Waals surface area contributed by atoms with Crippen LogP contribution < -0.4 is 15.5 Å². The van der Waals surface area contributed by atoms with Crippen molar-refractivity contribution in [2.45, 2.75) is 38.1 Å². The highest BCUT2D eigenvalue weighted by Crippen LogP contribution is 2.34. The molecule has 6 nitrogen and oxygen atoms in total. The number of pyridine rings is 1. The fourth-order valence-corrected chi connectivity index (χ4v) is 4.41. The number of fused-ring (bicyclic) bond motifs is 2. The lowest BCUT2D eigenvalue weighted by Gasteiger charge is -2.29. The van der Waals surface area contributed by atoms with E-state index in [0.29, 0.717) is 43.0 Å². The van der Waals surface area contributed by atoms with Gasteiger partial charge in [0.05, 0.1) is 17.4 Å². The molecule has 1 saturated carbocycles. The Kier molecular flexibility index (Phi) is 4.22. The third-order valence-electron chi connectivity index (χ3n) is 5.72. The summed E-state index contributed by atoms with van der Waals surface area (Å²) in [7, 11) is 0. The molecule has 128 valence electrons. The van der Waals surface area contributed by atoms with Gasteiger partial charge in [0.25, 0.3) is 5.91 Å². The Balaban J connectivity index is 1.40. The number of anilines is 1. The van der Waals surface area contributed by atoms with Crippen LogP contribution >= 0.6 is 0 Å². The first-order valence-electron chi connectivity index (χ1n) is 8.99. The molecule has 0 spiro atoms. The third-order valence-corrected chi connectivity index (χ3v) is 5.72. The average molecular weight is 328 g/mol. The van der Waals surface area contributed by atoms with Crippen LogP contribution in [0, 0.1) is 11.8 Å². The smallest absolute Gasteiger partial charge is 0.252 e. The van der Waals surface area contributed by atoms with E-state index in [9.17, 15) is 9.59 Å². The van der Waals surface area contributed by atoms with Crippen LogP contribution in [-0.2, 0) is 4.79 Å². The predicted octanol–water partition coefficient (Wildman–Crippen LogP) is 1.33.